The molecule has 2 aliphatic rings. The summed E-state index contributed by atoms with van der Waals surface area (Å²) in [6, 6.07) is 0.373. The average molecular weight is 305 g/mol. The highest BCUT2D eigenvalue weighted by Gasteiger charge is 2.50. The van der Waals surface area contributed by atoms with Gasteiger partial charge in [-0.15, -0.1) is 15.6 Å². The van der Waals surface area contributed by atoms with Gasteiger partial charge in [0, 0.05) is 11.4 Å². The molecule has 0 radical (unpaired) electrons. The molecule has 3 heterocycles. The predicted octanol–water partition coefficient (Wildman–Crippen LogP) is 0.275. The molecule has 2 atom stereocenters. The third-order valence-electron chi connectivity index (χ3n) is 3.25. The Morgan fingerprint density at radius 1 is 1.58 bits per heavy atom. The molecule has 1 saturated heterocycles. The third kappa shape index (κ3) is 1.92. The monoisotopic (exact) mass is 305 g/mol. The molecule has 19 heavy (non-hydrogen) atoms. The van der Waals surface area contributed by atoms with E-state index in [9.17, 15) is 13.2 Å². The van der Waals surface area contributed by atoms with E-state index in [-0.39, 0.29) is 12.6 Å². The van der Waals surface area contributed by atoms with Crippen LogP contribution in [0.5, 0.6) is 0 Å². The minimum atomic E-state index is -4.74. The minimum Gasteiger partial charge on any atom is -0.328 e. The molecule has 10 heteroatoms. The SMILES string of the molecule is NC[C@@H]1c2sccc2[C@@H]2CN1C(=O)N2OS(=O)(=O)O. The van der Waals surface area contributed by atoms with E-state index in [1.54, 1.807) is 0 Å². The molecular weight excluding hydrogens is 294 g/mol. The lowest BCUT2D eigenvalue weighted by molar-refractivity contribution is -0.0316. The summed E-state index contributed by atoms with van der Waals surface area (Å²) in [5, 5.41) is 2.54. The Morgan fingerprint density at radius 3 is 2.95 bits per heavy atom. The van der Waals surface area contributed by atoms with Crippen LogP contribution in [0.15, 0.2) is 11.4 Å². The summed E-state index contributed by atoms with van der Waals surface area (Å²) in [5.41, 5.74) is 6.49. The van der Waals surface area contributed by atoms with Crippen LogP contribution in [0.4, 0.5) is 4.79 Å². The number of hydrogen-bond acceptors (Lipinski definition) is 6. The van der Waals surface area contributed by atoms with Gasteiger partial charge < -0.3 is 10.6 Å². The smallest absolute Gasteiger partial charge is 0.328 e. The number of hydrogen-bond donors (Lipinski definition) is 2. The van der Waals surface area contributed by atoms with Crippen molar-refractivity contribution in [3.05, 3.63) is 21.9 Å². The Bertz CT molecular complexity index is 628. The first-order chi connectivity index (χ1) is 8.92. The molecule has 1 aromatic rings. The van der Waals surface area contributed by atoms with Gasteiger partial charge in [0.1, 0.15) is 6.04 Å². The van der Waals surface area contributed by atoms with E-state index in [4.69, 9.17) is 10.3 Å². The zero-order valence-electron chi connectivity index (χ0n) is 9.59. The second-order valence-electron chi connectivity index (χ2n) is 4.27. The number of nitrogens with two attached hydrogens (primary N) is 1. The number of thiophene rings is 1. The largest absolute Gasteiger partial charge is 0.418 e. The molecule has 104 valence electrons. The summed E-state index contributed by atoms with van der Waals surface area (Å²) in [6.45, 7) is 0.533. The van der Waals surface area contributed by atoms with E-state index in [1.165, 1.54) is 16.2 Å². The van der Waals surface area contributed by atoms with Crippen molar-refractivity contribution in [1.29, 1.82) is 0 Å². The maximum atomic E-state index is 12.1. The van der Waals surface area contributed by atoms with Crippen LogP contribution in [-0.4, -0.2) is 42.1 Å². The Kier molecular flexibility index (Phi) is 2.80. The van der Waals surface area contributed by atoms with Gasteiger partial charge >= 0.3 is 16.4 Å². The fourth-order valence-corrected chi connectivity index (χ4v) is 3.97. The highest BCUT2D eigenvalue weighted by atomic mass is 32.3. The Labute approximate surface area is 113 Å². The number of rotatable bonds is 3. The summed E-state index contributed by atoms with van der Waals surface area (Å²) in [7, 11) is -4.74. The van der Waals surface area contributed by atoms with Gasteiger partial charge in [0.2, 0.25) is 0 Å². The van der Waals surface area contributed by atoms with E-state index in [2.05, 4.69) is 4.28 Å². The van der Waals surface area contributed by atoms with Gasteiger partial charge in [-0.25, -0.2) is 4.79 Å². The Balaban J connectivity index is 2.04. The zero-order valence-corrected chi connectivity index (χ0v) is 11.2. The highest BCUT2D eigenvalue weighted by Crippen LogP contribution is 2.45. The van der Waals surface area contributed by atoms with Crippen molar-refractivity contribution in [3.8, 4) is 0 Å². The number of hydroxylamine groups is 2. The predicted molar refractivity (Wildman–Crippen MR) is 65.4 cm³/mol. The molecule has 0 unspecified atom stereocenters. The molecule has 3 rings (SSSR count). The molecule has 2 amide bonds. The molecule has 0 saturated carbocycles. The summed E-state index contributed by atoms with van der Waals surface area (Å²) in [5.74, 6) is 0. The van der Waals surface area contributed by atoms with E-state index in [0.29, 0.717) is 11.6 Å². The number of urea groups is 1. The first-order valence-corrected chi connectivity index (χ1v) is 7.71. The first-order valence-electron chi connectivity index (χ1n) is 5.46. The first kappa shape index (κ1) is 12.8. The van der Waals surface area contributed by atoms with Crippen LogP contribution in [0.3, 0.4) is 0 Å². The molecule has 1 aromatic heterocycles. The van der Waals surface area contributed by atoms with Crippen LogP contribution < -0.4 is 5.73 Å². The van der Waals surface area contributed by atoms with E-state index >= 15 is 0 Å². The average Bonchev–Trinajstić information content (AvgIpc) is 2.89. The third-order valence-corrected chi connectivity index (χ3v) is 4.63. The lowest BCUT2D eigenvalue weighted by atomic mass is 10.00. The van der Waals surface area contributed by atoms with Gasteiger partial charge in [-0.3, -0.25) is 4.55 Å². The zero-order chi connectivity index (χ0) is 13.8. The van der Waals surface area contributed by atoms with Crippen molar-refractivity contribution in [2.45, 2.75) is 12.1 Å². The number of fused-ring (bicyclic) bond motifs is 4. The van der Waals surface area contributed by atoms with E-state index in [0.717, 1.165) is 10.4 Å². The number of nitrogens with zero attached hydrogens (tertiary/aromatic N) is 2. The second kappa shape index (κ2) is 4.15. The fourth-order valence-electron chi connectivity index (χ4n) is 2.52. The molecule has 0 aromatic carbocycles. The maximum absolute atomic E-state index is 12.1. The van der Waals surface area contributed by atoms with Gasteiger partial charge in [-0.1, -0.05) is 0 Å². The van der Waals surface area contributed by atoms with Crippen molar-refractivity contribution in [1.82, 2.24) is 9.96 Å². The summed E-state index contributed by atoms with van der Waals surface area (Å²) in [4.78, 5) is 14.5. The lowest BCUT2D eigenvalue weighted by Crippen LogP contribution is -2.37. The second-order valence-corrected chi connectivity index (χ2v) is 6.22. The van der Waals surface area contributed by atoms with Crippen molar-refractivity contribution in [2.75, 3.05) is 13.1 Å². The van der Waals surface area contributed by atoms with Crippen LogP contribution in [0, 0.1) is 0 Å². The number of amides is 2. The fraction of sp³-hybridized carbons (Fsp3) is 0.444. The van der Waals surface area contributed by atoms with Crippen LogP contribution in [0.25, 0.3) is 0 Å². The minimum absolute atomic E-state index is 0.242. The summed E-state index contributed by atoms with van der Waals surface area (Å²) in [6.07, 6.45) is 0. The molecule has 1 fully saturated rings. The Hall–Kier alpha value is -1.20. The van der Waals surface area contributed by atoms with Crippen molar-refractivity contribution in [3.63, 3.8) is 0 Å². The molecule has 0 spiro atoms. The van der Waals surface area contributed by atoms with Gasteiger partial charge in [-0.2, -0.15) is 13.5 Å². The van der Waals surface area contributed by atoms with Crippen LogP contribution >= 0.6 is 11.3 Å². The van der Waals surface area contributed by atoms with E-state index in [1.807, 2.05) is 11.4 Å². The van der Waals surface area contributed by atoms with Crippen LogP contribution in [0.2, 0.25) is 0 Å². The van der Waals surface area contributed by atoms with Gasteiger partial charge in [0.05, 0.1) is 12.6 Å². The Morgan fingerprint density at radius 2 is 2.32 bits per heavy atom. The molecule has 2 aliphatic heterocycles. The summed E-state index contributed by atoms with van der Waals surface area (Å²) < 4.78 is 34.8. The lowest BCUT2D eigenvalue weighted by Gasteiger charge is -2.29. The topological polar surface area (TPSA) is 113 Å². The normalized spacial score (nSPS) is 25.9. The highest BCUT2D eigenvalue weighted by molar-refractivity contribution is 7.80. The van der Waals surface area contributed by atoms with Crippen LogP contribution in [0.1, 0.15) is 22.5 Å². The number of carbonyl (C=O) groups is 1. The molecule has 0 aliphatic carbocycles. The van der Waals surface area contributed by atoms with Crippen molar-refractivity contribution in [2.24, 2.45) is 5.73 Å². The van der Waals surface area contributed by atoms with Crippen LogP contribution in [-0.2, 0) is 14.7 Å². The number of carbonyl (C=O) groups excluding carboxylic acids is 1. The van der Waals surface area contributed by atoms with Crippen molar-refractivity contribution >= 4 is 27.8 Å². The quantitative estimate of drug-likeness (QED) is 0.775. The molecule has 8 nitrogen and oxygen atoms in total. The van der Waals surface area contributed by atoms with Gasteiger partial charge in [-0.05, 0) is 17.0 Å². The molecular formula is C9H11N3O5S2. The standard InChI is InChI=1S/C9H11N3O5S2/c10-3-6-8-5(1-2-18-8)7-4-11(6)9(13)12(7)17-19(14,15)16/h1-2,6-7H,3-4,10H2,(H,14,15,16)/t6-,7+/m1/s1. The molecule has 2 bridgehead atoms. The van der Waals surface area contributed by atoms with E-state index < -0.39 is 22.5 Å². The van der Waals surface area contributed by atoms with Gasteiger partial charge in [0.25, 0.3) is 0 Å². The summed E-state index contributed by atoms with van der Waals surface area (Å²) >= 11 is 1.46. The van der Waals surface area contributed by atoms with Crippen molar-refractivity contribution < 1.29 is 22.0 Å². The maximum Gasteiger partial charge on any atom is 0.418 e. The van der Waals surface area contributed by atoms with Gasteiger partial charge in [0.15, 0.2) is 0 Å². The molecule has 3 N–H and O–H groups in total.